The van der Waals surface area contributed by atoms with Crippen LogP contribution in [0.5, 0.6) is 0 Å². The Morgan fingerprint density at radius 1 is 0.969 bits per heavy atom. The number of rotatable bonds is 6. The van der Waals surface area contributed by atoms with Crippen molar-refractivity contribution in [2.45, 2.75) is 13.3 Å². The van der Waals surface area contributed by atoms with E-state index in [0.717, 1.165) is 44.7 Å². The Labute approximate surface area is 188 Å². The highest BCUT2D eigenvalue weighted by Crippen LogP contribution is 2.20. The number of hydrogen-bond acceptors (Lipinski definition) is 5. The summed E-state index contributed by atoms with van der Waals surface area (Å²) in [6.45, 7) is 6.53. The van der Waals surface area contributed by atoms with Crippen LogP contribution in [0.1, 0.15) is 34.2 Å². The van der Waals surface area contributed by atoms with Crippen LogP contribution in [0.2, 0.25) is 0 Å². The molecule has 164 valence electrons. The third kappa shape index (κ3) is 5.18. The molecule has 0 unspecified atom stereocenters. The maximum Gasteiger partial charge on any atom is 0.275 e. The molecule has 32 heavy (non-hydrogen) atoms. The van der Waals surface area contributed by atoms with Crippen LogP contribution in [-0.2, 0) is 0 Å². The van der Waals surface area contributed by atoms with Crippen LogP contribution in [0.15, 0.2) is 67.0 Å². The van der Waals surface area contributed by atoms with Crippen LogP contribution in [0.3, 0.4) is 0 Å². The van der Waals surface area contributed by atoms with E-state index in [1.165, 1.54) is 6.20 Å². The van der Waals surface area contributed by atoms with Crippen LogP contribution in [0.25, 0.3) is 11.3 Å². The van der Waals surface area contributed by atoms with Gasteiger partial charge in [0.05, 0.1) is 18.1 Å². The normalized spacial score (nSPS) is 14.2. The zero-order chi connectivity index (χ0) is 22.3. The van der Waals surface area contributed by atoms with Gasteiger partial charge in [0.25, 0.3) is 11.8 Å². The van der Waals surface area contributed by atoms with Gasteiger partial charge < -0.3 is 10.2 Å². The van der Waals surface area contributed by atoms with E-state index in [1.807, 2.05) is 59.5 Å². The first-order chi connectivity index (χ1) is 15.6. The third-order valence-corrected chi connectivity index (χ3v) is 5.50. The van der Waals surface area contributed by atoms with Gasteiger partial charge in [-0.25, -0.2) is 4.98 Å². The number of anilines is 1. The van der Waals surface area contributed by atoms with Gasteiger partial charge in [0.2, 0.25) is 0 Å². The van der Waals surface area contributed by atoms with Crippen molar-refractivity contribution in [3.8, 4) is 11.3 Å². The molecule has 2 heterocycles. The molecule has 1 aliphatic rings. The van der Waals surface area contributed by atoms with Gasteiger partial charge in [-0.2, -0.15) is 0 Å². The second-order valence-corrected chi connectivity index (χ2v) is 7.82. The summed E-state index contributed by atoms with van der Waals surface area (Å²) in [4.78, 5) is 38.6. The summed E-state index contributed by atoms with van der Waals surface area (Å²) < 4.78 is 0. The van der Waals surface area contributed by atoms with Crippen molar-refractivity contribution < 1.29 is 9.59 Å². The van der Waals surface area contributed by atoms with E-state index in [4.69, 9.17) is 0 Å². The molecule has 0 atom stereocenters. The summed E-state index contributed by atoms with van der Waals surface area (Å²) in [7, 11) is 0. The zero-order valence-electron chi connectivity index (χ0n) is 18.2. The van der Waals surface area contributed by atoms with Crippen LogP contribution >= 0.6 is 0 Å². The summed E-state index contributed by atoms with van der Waals surface area (Å²) in [6.07, 6.45) is 4.17. The third-order valence-electron chi connectivity index (χ3n) is 5.50. The Balaban J connectivity index is 1.48. The van der Waals surface area contributed by atoms with Gasteiger partial charge in [-0.3, -0.25) is 19.5 Å². The highest BCUT2D eigenvalue weighted by molar-refractivity contribution is 6.03. The first-order valence-corrected chi connectivity index (χ1v) is 10.9. The summed E-state index contributed by atoms with van der Waals surface area (Å²) in [6, 6.07) is 16.6. The molecule has 0 radical (unpaired) electrons. The van der Waals surface area contributed by atoms with Crippen molar-refractivity contribution in [3.63, 3.8) is 0 Å². The SMILES string of the molecule is CCCN1CCN(C(=O)c2cccc(-c3cncc(C(=O)Nc4ccccc4)n3)c2)CC1. The molecule has 0 bridgehead atoms. The lowest BCUT2D eigenvalue weighted by atomic mass is 10.1. The van der Waals surface area contributed by atoms with Crippen LogP contribution in [-0.4, -0.2) is 64.3 Å². The number of para-hydroxylation sites is 1. The van der Waals surface area contributed by atoms with Crippen molar-refractivity contribution in [2.75, 3.05) is 38.0 Å². The maximum absolute atomic E-state index is 13.0. The molecule has 2 amide bonds. The molecule has 1 N–H and O–H groups in total. The highest BCUT2D eigenvalue weighted by atomic mass is 16.2. The Morgan fingerprint density at radius 3 is 2.50 bits per heavy atom. The molecule has 0 saturated carbocycles. The predicted octanol–water partition coefficient (Wildman–Crippen LogP) is 3.56. The monoisotopic (exact) mass is 429 g/mol. The van der Waals surface area contributed by atoms with Gasteiger partial charge >= 0.3 is 0 Å². The first-order valence-electron chi connectivity index (χ1n) is 10.9. The second-order valence-electron chi connectivity index (χ2n) is 7.82. The van der Waals surface area contributed by atoms with Crippen LogP contribution < -0.4 is 5.32 Å². The zero-order valence-corrected chi connectivity index (χ0v) is 18.2. The minimum atomic E-state index is -0.331. The van der Waals surface area contributed by atoms with E-state index in [2.05, 4.69) is 27.1 Å². The fourth-order valence-corrected chi connectivity index (χ4v) is 3.82. The fraction of sp³-hybridized carbons (Fsp3) is 0.280. The first kappa shape index (κ1) is 21.6. The lowest BCUT2D eigenvalue weighted by Gasteiger charge is -2.34. The molecule has 1 aliphatic heterocycles. The van der Waals surface area contributed by atoms with Gasteiger partial charge in [0.1, 0.15) is 5.69 Å². The quantitative estimate of drug-likeness (QED) is 0.648. The molecule has 0 aliphatic carbocycles. The van der Waals surface area contributed by atoms with Crippen molar-refractivity contribution >= 4 is 17.5 Å². The number of carbonyl (C=O) groups excluding carboxylic acids is 2. The van der Waals surface area contributed by atoms with E-state index >= 15 is 0 Å². The van der Waals surface area contributed by atoms with E-state index in [0.29, 0.717) is 16.9 Å². The van der Waals surface area contributed by atoms with Crippen molar-refractivity contribution in [1.29, 1.82) is 0 Å². The van der Waals surface area contributed by atoms with E-state index < -0.39 is 0 Å². The largest absolute Gasteiger partial charge is 0.336 e. The number of benzene rings is 2. The van der Waals surface area contributed by atoms with Gasteiger partial charge in [-0.1, -0.05) is 37.3 Å². The average molecular weight is 430 g/mol. The summed E-state index contributed by atoms with van der Waals surface area (Å²) in [5.41, 5.74) is 2.83. The Hall–Kier alpha value is -3.58. The number of nitrogens with zero attached hydrogens (tertiary/aromatic N) is 4. The molecule has 4 rings (SSSR count). The topological polar surface area (TPSA) is 78.4 Å². The molecule has 3 aromatic rings. The molecular weight excluding hydrogens is 402 g/mol. The number of carbonyl (C=O) groups is 2. The molecule has 1 fully saturated rings. The minimum Gasteiger partial charge on any atom is -0.336 e. The van der Waals surface area contributed by atoms with Gasteiger partial charge in [0.15, 0.2) is 0 Å². The summed E-state index contributed by atoms with van der Waals surface area (Å²) in [5.74, 6) is -0.309. The predicted molar refractivity (Wildman–Crippen MR) is 124 cm³/mol. The second kappa shape index (κ2) is 10.2. The number of nitrogens with one attached hydrogen (secondary N) is 1. The van der Waals surface area contributed by atoms with E-state index in [1.54, 1.807) is 6.20 Å². The number of aromatic nitrogens is 2. The van der Waals surface area contributed by atoms with E-state index in [-0.39, 0.29) is 17.5 Å². The molecule has 1 saturated heterocycles. The van der Waals surface area contributed by atoms with Crippen molar-refractivity contribution in [2.24, 2.45) is 0 Å². The lowest BCUT2D eigenvalue weighted by molar-refractivity contribution is 0.0637. The highest BCUT2D eigenvalue weighted by Gasteiger charge is 2.22. The maximum atomic E-state index is 13.0. The van der Waals surface area contributed by atoms with Crippen molar-refractivity contribution in [3.05, 3.63) is 78.2 Å². The Morgan fingerprint density at radius 2 is 1.75 bits per heavy atom. The number of hydrogen-bond donors (Lipinski definition) is 1. The van der Waals surface area contributed by atoms with Crippen molar-refractivity contribution in [1.82, 2.24) is 19.8 Å². The standard InChI is InChI=1S/C25H27N5O2/c1-2-11-29-12-14-30(15-13-29)25(32)20-8-6-7-19(16-20)22-17-26-18-23(28-22)24(31)27-21-9-4-3-5-10-21/h3-10,16-18H,2,11-15H2,1H3,(H,27,31). The summed E-state index contributed by atoms with van der Waals surface area (Å²) >= 11 is 0. The van der Waals surface area contributed by atoms with Crippen LogP contribution in [0, 0.1) is 0 Å². The van der Waals surface area contributed by atoms with E-state index in [9.17, 15) is 9.59 Å². The molecule has 7 nitrogen and oxygen atoms in total. The molecular formula is C25H27N5O2. The van der Waals surface area contributed by atoms with Gasteiger partial charge in [-0.15, -0.1) is 0 Å². The Kier molecular flexibility index (Phi) is 6.87. The smallest absolute Gasteiger partial charge is 0.275 e. The van der Waals surface area contributed by atoms with Gasteiger partial charge in [-0.05, 0) is 37.2 Å². The van der Waals surface area contributed by atoms with Crippen LogP contribution in [0.4, 0.5) is 5.69 Å². The Bertz CT molecular complexity index is 1080. The number of amides is 2. The minimum absolute atomic E-state index is 0.0222. The molecule has 1 aromatic heterocycles. The molecule has 2 aromatic carbocycles. The van der Waals surface area contributed by atoms with Gasteiger partial charge in [0, 0.05) is 43.0 Å². The molecule has 7 heteroatoms. The molecule has 0 spiro atoms. The number of piperazine rings is 1. The fourth-order valence-electron chi connectivity index (χ4n) is 3.82. The average Bonchev–Trinajstić information content (AvgIpc) is 2.85. The summed E-state index contributed by atoms with van der Waals surface area (Å²) in [5, 5.41) is 2.82. The lowest BCUT2D eigenvalue weighted by Crippen LogP contribution is -2.48.